The van der Waals surface area contributed by atoms with Crippen LogP contribution in [0.4, 0.5) is 21.0 Å². The molecule has 0 radical (unpaired) electrons. The van der Waals surface area contributed by atoms with E-state index in [0.29, 0.717) is 5.56 Å². The van der Waals surface area contributed by atoms with E-state index in [2.05, 4.69) is 26.6 Å². The predicted octanol–water partition coefficient (Wildman–Crippen LogP) is 4.12. The second-order valence-electron chi connectivity index (χ2n) is 16.6. The van der Waals surface area contributed by atoms with E-state index in [0.717, 1.165) is 0 Å². The first-order valence-corrected chi connectivity index (χ1v) is 20.7. The summed E-state index contributed by atoms with van der Waals surface area (Å²) in [6, 6.07) is 6.89. The number of hydrogen-bond acceptors (Lipinski definition) is 14. The zero-order valence-electron chi connectivity index (χ0n) is 37.8. The quantitative estimate of drug-likeness (QED) is 0.0345. The fourth-order valence-corrected chi connectivity index (χ4v) is 5.33. The number of nitrogens with one attached hydrogen (secondary N) is 5. The number of ether oxygens (including phenoxy) is 4. The van der Waals surface area contributed by atoms with Crippen LogP contribution in [0.5, 0.6) is 5.75 Å². The smallest absolute Gasteiger partial charge is 0.465 e. The van der Waals surface area contributed by atoms with Gasteiger partial charge in [-0.3, -0.25) is 38.9 Å². The summed E-state index contributed by atoms with van der Waals surface area (Å²) in [6.45, 7) is 11.4. The molecule has 0 saturated heterocycles. The Kier molecular flexibility index (Phi) is 21.6. The van der Waals surface area contributed by atoms with E-state index in [9.17, 15) is 48.5 Å². The Hall–Kier alpha value is -6.80. The number of amides is 6. The first-order valence-electron chi connectivity index (χ1n) is 20.7. The number of benzene rings is 2. The fraction of sp³-hybridized carbons (Fsp3) is 0.535. The van der Waals surface area contributed by atoms with Crippen molar-refractivity contribution in [3.05, 3.63) is 64.2 Å². The van der Waals surface area contributed by atoms with Crippen molar-refractivity contribution in [1.29, 1.82) is 0 Å². The molecule has 6 amide bonds. The maximum absolute atomic E-state index is 13.9. The Balaban J connectivity index is 2.20. The third-order valence-corrected chi connectivity index (χ3v) is 8.72. The lowest BCUT2D eigenvalue weighted by atomic mass is 10.0. The number of alkyl carbamates (subject to hydrolysis) is 1. The van der Waals surface area contributed by atoms with Crippen molar-refractivity contribution in [2.75, 3.05) is 32.6 Å². The van der Waals surface area contributed by atoms with Gasteiger partial charge in [-0.1, -0.05) is 39.8 Å². The third kappa shape index (κ3) is 20.8. The van der Waals surface area contributed by atoms with E-state index in [4.69, 9.17) is 18.9 Å². The minimum atomic E-state index is -1.42. The topological polar surface area (TPSA) is 280 Å². The zero-order chi connectivity index (χ0) is 48.1. The second kappa shape index (κ2) is 26.0. The molecule has 2 unspecified atom stereocenters. The maximum atomic E-state index is 13.9. The monoisotopic (exact) mass is 899 g/mol. The van der Waals surface area contributed by atoms with Crippen LogP contribution in [0.1, 0.15) is 86.1 Å². The van der Waals surface area contributed by atoms with Crippen LogP contribution in [-0.2, 0) is 49.6 Å². The van der Waals surface area contributed by atoms with E-state index in [1.807, 2.05) is 13.8 Å². The average Bonchev–Trinajstić information content (AvgIpc) is 3.20. The molecule has 0 aromatic heterocycles. The molecule has 0 aliphatic rings. The van der Waals surface area contributed by atoms with Crippen molar-refractivity contribution >= 4 is 59.1 Å². The van der Waals surface area contributed by atoms with Crippen LogP contribution in [0.3, 0.4) is 0 Å². The molecule has 0 aliphatic carbocycles. The lowest BCUT2D eigenvalue weighted by Crippen LogP contribution is -2.59. The molecule has 2 aromatic rings. The van der Waals surface area contributed by atoms with E-state index >= 15 is 0 Å². The lowest BCUT2D eigenvalue weighted by Gasteiger charge is -2.27. The van der Waals surface area contributed by atoms with Gasteiger partial charge in [0.25, 0.3) is 5.69 Å². The maximum Gasteiger partial charge on any atom is 0.514 e. The molecule has 2 rings (SSSR count). The van der Waals surface area contributed by atoms with Crippen LogP contribution in [0.15, 0.2) is 48.5 Å². The molecule has 3 atom stereocenters. The average molecular weight is 900 g/mol. The van der Waals surface area contributed by atoms with Gasteiger partial charge in [-0.05, 0) is 75.3 Å². The molecule has 0 fully saturated rings. The highest BCUT2D eigenvalue weighted by Crippen LogP contribution is 2.19. The van der Waals surface area contributed by atoms with E-state index in [1.165, 1.54) is 53.4 Å². The fourth-order valence-electron chi connectivity index (χ4n) is 5.33. The standard InChI is InChI=1S/C43H61N7O14/c1-26(2)24-61-36(53)22-21-32(46-34(51)11-10-12-35(52)49(8)9)38(54)48-37(27(3)4)40(56)47-33(23-44-41(57)64-43(5,6)7)39(55)45-29-15-13-28(14-16-29)25-62-42(58)63-31-19-17-30(18-20-31)50(59)60/h13-20,26-27,32-33,37H,10-12,21-25H2,1-9H3,(H,44,57)(H,45,55)(H,46,51)(H,47,56)(H,48,54)/t32-,33?,37?/m0/s1. The van der Waals surface area contributed by atoms with Crippen LogP contribution >= 0.6 is 0 Å². The Morgan fingerprint density at radius 3 is 1.97 bits per heavy atom. The van der Waals surface area contributed by atoms with Crippen LogP contribution in [0.25, 0.3) is 0 Å². The van der Waals surface area contributed by atoms with Gasteiger partial charge in [-0.15, -0.1) is 0 Å². The Morgan fingerprint density at radius 1 is 0.766 bits per heavy atom. The highest BCUT2D eigenvalue weighted by atomic mass is 16.7. The summed E-state index contributed by atoms with van der Waals surface area (Å²) in [4.78, 5) is 115. The Bertz CT molecular complexity index is 1930. The predicted molar refractivity (Wildman–Crippen MR) is 231 cm³/mol. The zero-order valence-corrected chi connectivity index (χ0v) is 37.8. The molecule has 352 valence electrons. The number of anilines is 1. The van der Waals surface area contributed by atoms with Crippen molar-refractivity contribution in [2.45, 2.75) is 111 Å². The van der Waals surface area contributed by atoms with Gasteiger partial charge in [0.2, 0.25) is 29.5 Å². The van der Waals surface area contributed by atoms with Crippen LogP contribution in [0.2, 0.25) is 0 Å². The summed E-state index contributed by atoms with van der Waals surface area (Å²) in [5, 5.41) is 23.8. The molecule has 0 spiro atoms. The van der Waals surface area contributed by atoms with Gasteiger partial charge < -0.3 is 50.4 Å². The van der Waals surface area contributed by atoms with Gasteiger partial charge in [0.1, 0.15) is 36.1 Å². The number of carbonyl (C=O) groups is 8. The van der Waals surface area contributed by atoms with Gasteiger partial charge in [0.15, 0.2) is 0 Å². The minimum Gasteiger partial charge on any atom is -0.465 e. The van der Waals surface area contributed by atoms with Crippen LogP contribution in [0, 0.1) is 22.0 Å². The minimum absolute atomic E-state index is 0.0324. The van der Waals surface area contributed by atoms with Gasteiger partial charge in [0.05, 0.1) is 18.1 Å². The lowest BCUT2D eigenvalue weighted by molar-refractivity contribution is -0.384. The van der Waals surface area contributed by atoms with E-state index in [1.54, 1.807) is 48.7 Å². The van der Waals surface area contributed by atoms with Gasteiger partial charge in [-0.2, -0.15) is 0 Å². The number of hydrogen-bond donors (Lipinski definition) is 5. The summed E-state index contributed by atoms with van der Waals surface area (Å²) in [5.74, 6) is -4.18. The number of nitrogens with zero attached hydrogens (tertiary/aromatic N) is 2. The van der Waals surface area contributed by atoms with Crippen molar-refractivity contribution in [2.24, 2.45) is 11.8 Å². The summed E-state index contributed by atoms with van der Waals surface area (Å²) in [6.07, 6.45) is -2.13. The molecular weight excluding hydrogens is 839 g/mol. The van der Waals surface area contributed by atoms with E-state index in [-0.39, 0.29) is 74.3 Å². The molecule has 0 bridgehead atoms. The first-order chi connectivity index (χ1) is 29.9. The van der Waals surface area contributed by atoms with Gasteiger partial charge >= 0.3 is 18.2 Å². The van der Waals surface area contributed by atoms with Gasteiger partial charge in [0, 0.05) is 51.2 Å². The summed E-state index contributed by atoms with van der Waals surface area (Å²) in [5.41, 5.74) is -0.321. The van der Waals surface area contributed by atoms with Crippen molar-refractivity contribution in [3.8, 4) is 5.75 Å². The molecule has 64 heavy (non-hydrogen) atoms. The number of rotatable bonds is 23. The Morgan fingerprint density at radius 2 is 1.41 bits per heavy atom. The number of esters is 1. The summed E-state index contributed by atoms with van der Waals surface area (Å²) < 4.78 is 20.7. The number of carbonyl (C=O) groups excluding carboxylic acids is 8. The largest absolute Gasteiger partial charge is 0.514 e. The molecule has 21 nitrogen and oxygen atoms in total. The van der Waals surface area contributed by atoms with Crippen molar-refractivity contribution < 1.29 is 62.2 Å². The molecule has 0 heterocycles. The molecule has 21 heteroatoms. The Labute approximate surface area is 372 Å². The van der Waals surface area contributed by atoms with Gasteiger partial charge in [-0.25, -0.2) is 9.59 Å². The van der Waals surface area contributed by atoms with Crippen LogP contribution in [-0.4, -0.2) is 109 Å². The molecular formula is C43H61N7O14. The van der Waals surface area contributed by atoms with Crippen molar-refractivity contribution in [1.82, 2.24) is 26.2 Å². The highest BCUT2D eigenvalue weighted by Gasteiger charge is 2.32. The number of nitro groups is 1. The number of nitro benzene ring substituents is 1. The second-order valence-corrected chi connectivity index (χ2v) is 16.6. The van der Waals surface area contributed by atoms with Crippen molar-refractivity contribution in [3.63, 3.8) is 0 Å². The van der Waals surface area contributed by atoms with Crippen LogP contribution < -0.4 is 31.3 Å². The highest BCUT2D eigenvalue weighted by molar-refractivity contribution is 5.99. The summed E-state index contributed by atoms with van der Waals surface area (Å²) in [7, 11) is 3.18. The first kappa shape index (κ1) is 53.3. The molecule has 2 aromatic carbocycles. The summed E-state index contributed by atoms with van der Waals surface area (Å²) >= 11 is 0. The van der Waals surface area contributed by atoms with E-state index < -0.39 is 83.0 Å². The molecule has 5 N–H and O–H groups in total. The molecule has 0 aliphatic heterocycles. The normalized spacial score (nSPS) is 12.4. The molecule has 0 saturated carbocycles. The SMILES string of the molecule is CC(C)COC(=O)CC[C@H](NC(=O)CCCC(=O)N(C)C)C(=O)NC(C(=O)NC(CNC(=O)OC(C)(C)C)C(=O)Nc1ccc(COC(=O)Oc2ccc([N+](=O)[O-])cc2)cc1)C(C)C. The third-order valence-electron chi connectivity index (χ3n) is 8.72. The number of non-ortho nitro benzene ring substituents is 1.